The van der Waals surface area contributed by atoms with E-state index in [4.69, 9.17) is 5.41 Å². The fraction of sp³-hybridized carbons (Fsp3) is 0.273. The van der Waals surface area contributed by atoms with E-state index < -0.39 is 22.9 Å². The van der Waals surface area contributed by atoms with Crippen molar-refractivity contribution >= 4 is 22.8 Å². The Bertz CT molecular complexity index is 501. The molecule has 1 aromatic carbocycles. The minimum absolute atomic E-state index is 0.0190. The summed E-state index contributed by atoms with van der Waals surface area (Å²) >= 11 is 0.943. The molecule has 0 aliphatic carbocycles. The number of hydrogen-bond acceptors (Lipinski definition) is 3. The summed E-state index contributed by atoms with van der Waals surface area (Å²) in [7, 11) is 0. The van der Waals surface area contributed by atoms with E-state index in [1.165, 1.54) is 18.2 Å². The van der Waals surface area contributed by atoms with E-state index in [1.54, 1.807) is 0 Å². The summed E-state index contributed by atoms with van der Waals surface area (Å²) in [5, 5.41) is 8.85. The van der Waals surface area contributed by atoms with Gasteiger partial charge in [0.2, 0.25) is 5.91 Å². The van der Waals surface area contributed by atoms with E-state index in [0.29, 0.717) is 0 Å². The monoisotopic (exact) mass is 274 g/mol. The van der Waals surface area contributed by atoms with Gasteiger partial charge in [-0.25, -0.2) is 0 Å². The number of halogens is 3. The van der Waals surface area contributed by atoms with Crippen molar-refractivity contribution in [2.75, 3.05) is 0 Å². The third kappa shape index (κ3) is 2.66. The molecular weight excluding hydrogens is 265 g/mol. The zero-order chi connectivity index (χ0) is 13.3. The van der Waals surface area contributed by atoms with E-state index in [0.717, 1.165) is 17.8 Å². The Morgan fingerprint density at radius 1 is 1.33 bits per heavy atom. The lowest BCUT2D eigenvalue weighted by atomic mass is 10.0. The molecule has 2 rings (SSSR count). The second kappa shape index (κ2) is 4.64. The molecule has 7 heteroatoms. The zero-order valence-corrected chi connectivity index (χ0v) is 9.86. The minimum atomic E-state index is -4.43. The molecule has 0 spiro atoms. The molecule has 96 valence electrons. The van der Waals surface area contributed by atoms with Gasteiger partial charge in [0.05, 0.1) is 10.8 Å². The van der Waals surface area contributed by atoms with E-state index in [1.807, 2.05) is 0 Å². The molecule has 0 bridgehead atoms. The van der Waals surface area contributed by atoms with Gasteiger partial charge in [0, 0.05) is 0 Å². The van der Waals surface area contributed by atoms with Crippen molar-refractivity contribution in [2.24, 2.45) is 0 Å². The van der Waals surface area contributed by atoms with Gasteiger partial charge in [0.1, 0.15) is 0 Å². The quantitative estimate of drug-likeness (QED) is 0.870. The van der Waals surface area contributed by atoms with Gasteiger partial charge in [-0.1, -0.05) is 30.0 Å². The highest BCUT2D eigenvalue weighted by atomic mass is 32.2. The maximum atomic E-state index is 12.7. The van der Waals surface area contributed by atoms with Crippen LogP contribution in [-0.2, 0) is 17.4 Å². The van der Waals surface area contributed by atoms with Crippen LogP contribution >= 0.6 is 11.8 Å². The van der Waals surface area contributed by atoms with E-state index in [9.17, 15) is 18.0 Å². The maximum Gasteiger partial charge on any atom is 0.416 e. The molecule has 1 amide bonds. The summed E-state index contributed by atoms with van der Waals surface area (Å²) < 4.78 is 38.2. The molecule has 1 aliphatic rings. The number of alkyl halides is 3. The first-order valence-corrected chi connectivity index (χ1v) is 5.97. The maximum absolute atomic E-state index is 12.7. The zero-order valence-electron chi connectivity index (χ0n) is 9.04. The molecular formula is C11H9F3N2OS. The van der Waals surface area contributed by atoms with Gasteiger partial charge in [0.25, 0.3) is 0 Å². The minimum Gasteiger partial charge on any atom is -0.305 e. The lowest BCUT2D eigenvalue weighted by Crippen LogP contribution is -2.26. The van der Waals surface area contributed by atoms with Gasteiger partial charge < -0.3 is 5.32 Å². The molecule has 1 heterocycles. The Labute approximate surface area is 105 Å². The number of benzene rings is 1. The Morgan fingerprint density at radius 2 is 2.00 bits per heavy atom. The fourth-order valence-electron chi connectivity index (χ4n) is 1.73. The van der Waals surface area contributed by atoms with Crippen molar-refractivity contribution in [1.82, 2.24) is 5.32 Å². The molecule has 3 nitrogen and oxygen atoms in total. The average Bonchev–Trinajstić information content (AvgIpc) is 2.57. The standard InChI is InChI=1S/C11H9F3N2OS/c12-11(13,14)7-4-2-1-3-6(7)5-8-9(17)16-10(15)18-8/h1-4,8H,5H2,(H2,15,16,17). The number of amides is 1. The predicted octanol–water partition coefficient (Wildman–Crippen LogP) is 2.41. The van der Waals surface area contributed by atoms with Gasteiger partial charge in [0.15, 0.2) is 5.17 Å². The van der Waals surface area contributed by atoms with Crippen molar-refractivity contribution in [3.63, 3.8) is 0 Å². The highest BCUT2D eigenvalue weighted by Crippen LogP contribution is 2.34. The molecule has 1 unspecified atom stereocenters. The van der Waals surface area contributed by atoms with E-state index in [2.05, 4.69) is 5.32 Å². The van der Waals surface area contributed by atoms with Crippen molar-refractivity contribution < 1.29 is 18.0 Å². The SMILES string of the molecule is N=C1NC(=O)C(Cc2ccccc2C(F)(F)F)S1. The smallest absolute Gasteiger partial charge is 0.305 e. The molecule has 0 radical (unpaired) electrons. The molecule has 1 atom stereocenters. The van der Waals surface area contributed by atoms with E-state index in [-0.39, 0.29) is 17.2 Å². The summed E-state index contributed by atoms with van der Waals surface area (Å²) in [6.07, 6.45) is -4.46. The number of rotatable bonds is 2. The number of carbonyl (C=O) groups excluding carboxylic acids is 1. The first-order valence-electron chi connectivity index (χ1n) is 5.09. The molecule has 0 aromatic heterocycles. The van der Waals surface area contributed by atoms with Crippen LogP contribution in [0.25, 0.3) is 0 Å². The molecule has 1 aromatic rings. The Morgan fingerprint density at radius 3 is 2.56 bits per heavy atom. The summed E-state index contributed by atoms with van der Waals surface area (Å²) in [6.45, 7) is 0. The molecule has 2 N–H and O–H groups in total. The third-order valence-electron chi connectivity index (χ3n) is 2.52. The van der Waals surface area contributed by atoms with Gasteiger partial charge in [-0.05, 0) is 18.1 Å². The van der Waals surface area contributed by atoms with Crippen molar-refractivity contribution in [3.05, 3.63) is 35.4 Å². The van der Waals surface area contributed by atoms with Crippen molar-refractivity contribution in [1.29, 1.82) is 5.41 Å². The summed E-state index contributed by atoms with van der Waals surface area (Å²) in [6, 6.07) is 5.18. The molecule has 0 saturated carbocycles. The second-order valence-corrected chi connectivity index (χ2v) is 5.00. The van der Waals surface area contributed by atoms with Gasteiger partial charge in [-0.15, -0.1) is 0 Å². The lowest BCUT2D eigenvalue weighted by Gasteiger charge is -2.13. The molecule has 1 fully saturated rings. The summed E-state index contributed by atoms with van der Waals surface area (Å²) in [5.74, 6) is -0.415. The Balaban J connectivity index is 2.25. The van der Waals surface area contributed by atoms with Crippen LogP contribution in [0, 0.1) is 5.41 Å². The van der Waals surface area contributed by atoms with Crippen LogP contribution in [0.2, 0.25) is 0 Å². The number of amidine groups is 1. The van der Waals surface area contributed by atoms with Crippen molar-refractivity contribution in [3.8, 4) is 0 Å². The normalized spacial score (nSPS) is 20.1. The number of nitrogens with one attached hydrogen (secondary N) is 2. The summed E-state index contributed by atoms with van der Waals surface area (Å²) in [4.78, 5) is 11.4. The third-order valence-corrected chi connectivity index (χ3v) is 3.52. The summed E-state index contributed by atoms with van der Waals surface area (Å²) in [5.41, 5.74) is -0.649. The first-order chi connectivity index (χ1) is 8.38. The Hall–Kier alpha value is -1.50. The van der Waals surface area contributed by atoms with E-state index >= 15 is 0 Å². The molecule has 1 aliphatic heterocycles. The molecule has 18 heavy (non-hydrogen) atoms. The van der Waals surface area contributed by atoms with Crippen LogP contribution in [0.15, 0.2) is 24.3 Å². The van der Waals surface area contributed by atoms with Crippen LogP contribution in [0.4, 0.5) is 13.2 Å². The fourth-order valence-corrected chi connectivity index (χ4v) is 2.60. The van der Waals surface area contributed by atoms with Gasteiger partial charge >= 0.3 is 6.18 Å². The average molecular weight is 274 g/mol. The first kappa shape index (κ1) is 12.9. The van der Waals surface area contributed by atoms with Crippen LogP contribution < -0.4 is 5.32 Å². The lowest BCUT2D eigenvalue weighted by molar-refractivity contribution is -0.138. The number of thioether (sulfide) groups is 1. The van der Waals surface area contributed by atoms with Gasteiger partial charge in [-0.3, -0.25) is 10.2 Å². The van der Waals surface area contributed by atoms with Gasteiger partial charge in [-0.2, -0.15) is 13.2 Å². The number of carbonyl (C=O) groups is 1. The molecule has 1 saturated heterocycles. The topological polar surface area (TPSA) is 53.0 Å². The highest BCUT2D eigenvalue weighted by molar-refractivity contribution is 8.15. The van der Waals surface area contributed by atoms with Crippen LogP contribution in [-0.4, -0.2) is 16.3 Å². The van der Waals surface area contributed by atoms with Crippen LogP contribution in [0.1, 0.15) is 11.1 Å². The second-order valence-electron chi connectivity index (χ2n) is 3.78. The van der Waals surface area contributed by atoms with Crippen LogP contribution in [0.5, 0.6) is 0 Å². The predicted molar refractivity (Wildman–Crippen MR) is 62.4 cm³/mol. The largest absolute Gasteiger partial charge is 0.416 e. The van der Waals surface area contributed by atoms with Crippen molar-refractivity contribution in [2.45, 2.75) is 17.8 Å². The highest BCUT2D eigenvalue weighted by Gasteiger charge is 2.36. The van der Waals surface area contributed by atoms with Crippen LogP contribution in [0.3, 0.4) is 0 Å². The number of hydrogen-bond donors (Lipinski definition) is 2. The Kier molecular flexibility index (Phi) is 3.34.